The van der Waals surface area contributed by atoms with Crippen molar-refractivity contribution < 1.29 is 4.90 Å². The number of quaternary nitrogens is 1. The molecule has 5 rings (SSSR count). The number of nitrogens with one attached hydrogen (secondary N) is 1. The highest BCUT2D eigenvalue weighted by Crippen LogP contribution is 2.41. The maximum Gasteiger partial charge on any atom is 0.104 e. The fourth-order valence-corrected chi connectivity index (χ4v) is 4.64. The SMILES string of the molecule is C[NH+]1C/C(=C/c2ccccc2)C2=NN(c3ccccc3)C(c3ccccc3)C2C1. The van der Waals surface area contributed by atoms with Crippen LogP contribution in [-0.2, 0) is 0 Å². The van der Waals surface area contributed by atoms with E-state index in [1.807, 2.05) is 0 Å². The number of benzene rings is 3. The van der Waals surface area contributed by atoms with Gasteiger partial charge in [-0.2, -0.15) is 5.10 Å². The molecule has 2 aliphatic rings. The number of likely N-dealkylation sites (N-methyl/N-ethyl adjacent to an activating group) is 1. The van der Waals surface area contributed by atoms with Crippen LogP contribution in [0, 0.1) is 5.92 Å². The third-order valence-electron chi connectivity index (χ3n) is 5.90. The number of hydrogen-bond acceptors (Lipinski definition) is 2. The lowest BCUT2D eigenvalue weighted by molar-refractivity contribution is -0.878. The molecule has 1 saturated heterocycles. The minimum Gasteiger partial charge on any atom is -0.333 e. The number of para-hydroxylation sites is 1. The van der Waals surface area contributed by atoms with Crippen LogP contribution >= 0.6 is 0 Å². The Kier molecular flexibility index (Phi) is 4.74. The molecule has 0 spiro atoms. The number of hydrazone groups is 1. The highest BCUT2D eigenvalue weighted by atomic mass is 15.5. The summed E-state index contributed by atoms with van der Waals surface area (Å²) >= 11 is 0. The highest BCUT2D eigenvalue weighted by Gasteiger charge is 2.45. The van der Waals surface area contributed by atoms with Crippen LogP contribution in [0.5, 0.6) is 0 Å². The van der Waals surface area contributed by atoms with E-state index in [4.69, 9.17) is 5.10 Å². The zero-order valence-electron chi connectivity index (χ0n) is 16.7. The van der Waals surface area contributed by atoms with E-state index >= 15 is 0 Å². The van der Waals surface area contributed by atoms with Crippen molar-refractivity contribution in [1.82, 2.24) is 0 Å². The van der Waals surface area contributed by atoms with Gasteiger partial charge in [0, 0.05) is 5.57 Å². The minimum atomic E-state index is 0.225. The molecule has 0 bridgehead atoms. The summed E-state index contributed by atoms with van der Waals surface area (Å²) < 4.78 is 0. The maximum atomic E-state index is 5.22. The maximum absolute atomic E-state index is 5.22. The smallest absolute Gasteiger partial charge is 0.104 e. The van der Waals surface area contributed by atoms with Crippen LogP contribution in [0.15, 0.2) is 102 Å². The van der Waals surface area contributed by atoms with E-state index in [2.05, 4.69) is 109 Å². The molecule has 1 N–H and O–H groups in total. The van der Waals surface area contributed by atoms with Gasteiger partial charge in [0.25, 0.3) is 0 Å². The largest absolute Gasteiger partial charge is 0.333 e. The van der Waals surface area contributed by atoms with Gasteiger partial charge in [0.1, 0.15) is 6.54 Å². The zero-order valence-corrected chi connectivity index (χ0v) is 16.7. The molecule has 2 heterocycles. The van der Waals surface area contributed by atoms with Gasteiger partial charge in [0.2, 0.25) is 0 Å². The van der Waals surface area contributed by atoms with Crippen molar-refractivity contribution in [2.24, 2.45) is 11.0 Å². The molecule has 3 atom stereocenters. The van der Waals surface area contributed by atoms with Crippen LogP contribution in [-0.4, -0.2) is 25.8 Å². The fraction of sp³-hybridized carbons (Fsp3) is 0.192. The first-order valence-electron chi connectivity index (χ1n) is 10.3. The average Bonchev–Trinajstić information content (AvgIpc) is 3.15. The molecule has 0 amide bonds. The molecule has 0 aromatic heterocycles. The molecule has 29 heavy (non-hydrogen) atoms. The fourth-order valence-electron chi connectivity index (χ4n) is 4.64. The molecule has 1 fully saturated rings. The molecule has 2 aliphatic heterocycles. The van der Waals surface area contributed by atoms with Gasteiger partial charge in [-0.05, 0) is 29.3 Å². The van der Waals surface area contributed by atoms with Gasteiger partial charge < -0.3 is 4.90 Å². The normalized spacial score (nSPS) is 25.0. The molecule has 0 saturated carbocycles. The summed E-state index contributed by atoms with van der Waals surface area (Å²) in [5.74, 6) is 0.376. The van der Waals surface area contributed by atoms with Crippen LogP contribution in [0.2, 0.25) is 0 Å². The Labute approximate surface area is 172 Å². The summed E-state index contributed by atoms with van der Waals surface area (Å²) in [7, 11) is 2.29. The van der Waals surface area contributed by atoms with Gasteiger partial charge in [0.05, 0.1) is 37.0 Å². The summed E-state index contributed by atoms with van der Waals surface area (Å²) in [4.78, 5) is 1.53. The van der Waals surface area contributed by atoms with Crippen molar-refractivity contribution in [3.8, 4) is 0 Å². The Morgan fingerprint density at radius 3 is 2.17 bits per heavy atom. The molecule has 3 nitrogen and oxygen atoms in total. The Bertz CT molecular complexity index is 1030. The number of likely N-dealkylation sites (tertiary alicyclic amines) is 1. The molecular weight excluding hydrogens is 354 g/mol. The number of nitrogens with zero attached hydrogens (tertiary/aromatic N) is 2. The quantitative estimate of drug-likeness (QED) is 0.732. The first-order valence-corrected chi connectivity index (χ1v) is 10.3. The van der Waals surface area contributed by atoms with Crippen molar-refractivity contribution in [2.45, 2.75) is 6.04 Å². The number of anilines is 1. The van der Waals surface area contributed by atoms with Gasteiger partial charge >= 0.3 is 0 Å². The third kappa shape index (κ3) is 3.50. The first-order chi connectivity index (χ1) is 14.3. The van der Waals surface area contributed by atoms with Crippen LogP contribution in [0.4, 0.5) is 5.69 Å². The molecular formula is C26H26N3+. The van der Waals surface area contributed by atoms with Crippen LogP contribution in [0.25, 0.3) is 6.08 Å². The van der Waals surface area contributed by atoms with Crippen molar-refractivity contribution in [3.63, 3.8) is 0 Å². The van der Waals surface area contributed by atoms with Crippen molar-refractivity contribution >= 4 is 17.5 Å². The Balaban J connectivity index is 1.62. The average molecular weight is 381 g/mol. The van der Waals surface area contributed by atoms with Crippen LogP contribution in [0.3, 0.4) is 0 Å². The summed E-state index contributed by atoms with van der Waals surface area (Å²) in [6.45, 7) is 2.10. The first kappa shape index (κ1) is 17.9. The minimum absolute atomic E-state index is 0.225. The van der Waals surface area contributed by atoms with Gasteiger partial charge in [-0.25, -0.2) is 0 Å². The Hall–Kier alpha value is -3.17. The lowest BCUT2D eigenvalue weighted by atomic mass is 9.83. The van der Waals surface area contributed by atoms with Crippen molar-refractivity contribution in [3.05, 3.63) is 108 Å². The third-order valence-corrected chi connectivity index (χ3v) is 5.90. The Morgan fingerprint density at radius 1 is 0.862 bits per heavy atom. The van der Waals surface area contributed by atoms with E-state index in [1.54, 1.807) is 0 Å². The topological polar surface area (TPSA) is 20.0 Å². The number of piperidine rings is 1. The summed E-state index contributed by atoms with van der Waals surface area (Å²) in [5, 5.41) is 7.46. The molecule has 0 aliphatic carbocycles. The molecule has 3 aromatic carbocycles. The number of fused-ring (bicyclic) bond motifs is 1. The second kappa shape index (κ2) is 7.69. The molecule has 3 aromatic rings. The van der Waals surface area contributed by atoms with Crippen LogP contribution in [0.1, 0.15) is 17.2 Å². The summed E-state index contributed by atoms with van der Waals surface area (Å²) in [6, 6.07) is 32.3. The second-order valence-corrected chi connectivity index (χ2v) is 8.05. The van der Waals surface area contributed by atoms with Crippen molar-refractivity contribution in [1.29, 1.82) is 0 Å². The number of hydrogen-bond donors (Lipinski definition) is 1. The summed E-state index contributed by atoms with van der Waals surface area (Å²) in [5.41, 5.74) is 6.32. The Morgan fingerprint density at radius 2 is 1.48 bits per heavy atom. The molecule has 144 valence electrons. The highest BCUT2D eigenvalue weighted by molar-refractivity contribution is 6.08. The van der Waals surface area contributed by atoms with Gasteiger partial charge in [-0.1, -0.05) is 78.9 Å². The van der Waals surface area contributed by atoms with E-state index in [0.29, 0.717) is 5.92 Å². The van der Waals surface area contributed by atoms with Gasteiger partial charge in [0.15, 0.2) is 0 Å². The molecule has 0 radical (unpaired) electrons. The van der Waals surface area contributed by atoms with E-state index in [-0.39, 0.29) is 6.04 Å². The van der Waals surface area contributed by atoms with Crippen LogP contribution < -0.4 is 9.91 Å². The molecule has 3 heteroatoms. The zero-order chi connectivity index (χ0) is 19.6. The lowest BCUT2D eigenvalue weighted by Gasteiger charge is -2.32. The van der Waals surface area contributed by atoms with E-state index in [9.17, 15) is 0 Å². The predicted octanol–water partition coefficient (Wildman–Crippen LogP) is 3.83. The lowest BCUT2D eigenvalue weighted by Crippen LogP contribution is -3.11. The number of rotatable bonds is 3. The predicted molar refractivity (Wildman–Crippen MR) is 120 cm³/mol. The van der Waals surface area contributed by atoms with Gasteiger partial charge in [-0.15, -0.1) is 0 Å². The molecule has 3 unspecified atom stereocenters. The monoisotopic (exact) mass is 380 g/mol. The van der Waals surface area contributed by atoms with E-state index < -0.39 is 0 Å². The van der Waals surface area contributed by atoms with Crippen molar-refractivity contribution in [2.75, 3.05) is 25.1 Å². The van der Waals surface area contributed by atoms with E-state index in [1.165, 1.54) is 27.3 Å². The van der Waals surface area contributed by atoms with Gasteiger partial charge in [-0.3, -0.25) is 5.01 Å². The second-order valence-electron chi connectivity index (χ2n) is 8.05. The summed E-state index contributed by atoms with van der Waals surface area (Å²) in [6.07, 6.45) is 2.32. The van der Waals surface area contributed by atoms with E-state index in [0.717, 1.165) is 18.8 Å². The standard InChI is InChI=1S/C26H25N3/c1-28-18-22(17-20-11-5-2-6-12-20)25-24(19-28)26(21-13-7-3-8-14-21)29(27-25)23-15-9-4-10-16-23/h2-17,24,26H,18-19H2,1H3/p+1/b22-17-.